The molecule has 0 atom stereocenters. The van der Waals surface area contributed by atoms with Crippen LogP contribution in [0.1, 0.15) is 21.7 Å². The second-order valence-corrected chi connectivity index (χ2v) is 8.62. The maximum Gasteiger partial charge on any atom is 0.335 e. The number of aromatic carboxylic acids is 1. The number of carbonyl (C=O) groups is 2. The van der Waals surface area contributed by atoms with Crippen LogP contribution in [-0.2, 0) is 4.79 Å². The average molecular weight is 456 g/mol. The summed E-state index contributed by atoms with van der Waals surface area (Å²) < 4.78 is 6.22. The number of anilines is 1. The SMILES string of the molecule is Cc1ccc(N2C(=O)C(=Cc3ccc(-c4cccc(C(=O)O)c4)o3)SC2=S)cc1Cl. The Morgan fingerprint density at radius 1 is 1.20 bits per heavy atom. The van der Waals surface area contributed by atoms with Crippen LogP contribution in [0.4, 0.5) is 5.69 Å². The molecule has 2 heterocycles. The lowest BCUT2D eigenvalue weighted by Crippen LogP contribution is -2.27. The van der Waals surface area contributed by atoms with Crippen molar-refractivity contribution in [3.05, 3.63) is 81.4 Å². The molecule has 0 spiro atoms. The van der Waals surface area contributed by atoms with Crippen LogP contribution in [0.3, 0.4) is 0 Å². The first-order chi connectivity index (χ1) is 14.3. The van der Waals surface area contributed by atoms with Crippen LogP contribution < -0.4 is 4.90 Å². The van der Waals surface area contributed by atoms with Gasteiger partial charge in [-0.2, -0.15) is 0 Å². The molecule has 150 valence electrons. The van der Waals surface area contributed by atoms with Gasteiger partial charge in [-0.15, -0.1) is 0 Å². The van der Waals surface area contributed by atoms with Crippen molar-refractivity contribution < 1.29 is 19.1 Å². The third-order valence-corrected chi connectivity index (χ3v) is 6.21. The number of thiocarbonyl (C=S) groups is 1. The van der Waals surface area contributed by atoms with Gasteiger partial charge in [0, 0.05) is 16.7 Å². The molecule has 1 N–H and O–H groups in total. The molecule has 2 aromatic carbocycles. The van der Waals surface area contributed by atoms with Crippen LogP contribution >= 0.6 is 35.6 Å². The summed E-state index contributed by atoms with van der Waals surface area (Å²) in [5, 5.41) is 9.71. The molecule has 0 bridgehead atoms. The minimum absolute atomic E-state index is 0.170. The molecule has 1 saturated heterocycles. The van der Waals surface area contributed by atoms with E-state index < -0.39 is 5.97 Å². The first-order valence-corrected chi connectivity index (χ1v) is 10.4. The number of carboxylic acids is 1. The molecule has 1 fully saturated rings. The van der Waals surface area contributed by atoms with Crippen LogP contribution in [0.25, 0.3) is 17.4 Å². The molecule has 8 heteroatoms. The zero-order chi connectivity index (χ0) is 21.4. The molecule has 1 aliphatic heterocycles. The van der Waals surface area contributed by atoms with Crippen LogP contribution in [0.5, 0.6) is 0 Å². The van der Waals surface area contributed by atoms with Crippen LogP contribution in [0.2, 0.25) is 5.02 Å². The Bertz CT molecular complexity index is 1230. The number of carbonyl (C=O) groups excluding carboxylic acids is 1. The van der Waals surface area contributed by atoms with Gasteiger partial charge >= 0.3 is 5.97 Å². The Balaban J connectivity index is 1.61. The average Bonchev–Trinajstić information content (AvgIpc) is 3.29. The Labute approximate surface area is 186 Å². The normalized spacial score (nSPS) is 15.3. The Morgan fingerprint density at radius 3 is 2.73 bits per heavy atom. The molecule has 0 saturated carbocycles. The van der Waals surface area contributed by atoms with Gasteiger partial charge in [-0.1, -0.05) is 53.8 Å². The van der Waals surface area contributed by atoms with Gasteiger partial charge in [-0.05, 0) is 48.9 Å². The molecule has 30 heavy (non-hydrogen) atoms. The zero-order valence-electron chi connectivity index (χ0n) is 15.6. The quantitative estimate of drug-likeness (QED) is 0.383. The van der Waals surface area contributed by atoms with Crippen LogP contribution in [0.15, 0.2) is 63.9 Å². The first-order valence-electron chi connectivity index (χ1n) is 8.81. The van der Waals surface area contributed by atoms with Gasteiger partial charge in [-0.25, -0.2) is 4.79 Å². The number of furan rings is 1. The summed E-state index contributed by atoms with van der Waals surface area (Å²) in [5.41, 5.74) is 2.33. The van der Waals surface area contributed by atoms with Gasteiger partial charge in [-0.3, -0.25) is 9.69 Å². The monoisotopic (exact) mass is 455 g/mol. The Hall–Kier alpha value is -2.87. The van der Waals surface area contributed by atoms with Gasteiger partial charge in [0.2, 0.25) is 0 Å². The van der Waals surface area contributed by atoms with Gasteiger partial charge in [0.15, 0.2) is 4.32 Å². The second-order valence-electron chi connectivity index (χ2n) is 6.54. The van der Waals surface area contributed by atoms with Crippen molar-refractivity contribution in [2.24, 2.45) is 0 Å². The van der Waals surface area contributed by atoms with Gasteiger partial charge in [0.25, 0.3) is 5.91 Å². The molecule has 1 amide bonds. The number of thioether (sulfide) groups is 1. The zero-order valence-corrected chi connectivity index (χ0v) is 18.0. The number of hydrogen-bond donors (Lipinski definition) is 1. The van der Waals surface area contributed by atoms with Crippen LogP contribution in [-0.4, -0.2) is 21.3 Å². The molecule has 0 radical (unpaired) electrons. The topological polar surface area (TPSA) is 70.8 Å². The van der Waals surface area contributed by atoms with Crippen molar-refractivity contribution in [3.8, 4) is 11.3 Å². The number of nitrogens with zero attached hydrogens (tertiary/aromatic N) is 1. The maximum atomic E-state index is 12.9. The van der Waals surface area contributed by atoms with E-state index in [2.05, 4.69) is 0 Å². The molecular formula is C22H14ClNO4S2. The lowest BCUT2D eigenvalue weighted by molar-refractivity contribution is -0.113. The van der Waals surface area contributed by atoms with Crippen molar-refractivity contribution >= 4 is 63.5 Å². The summed E-state index contributed by atoms with van der Waals surface area (Å²) in [6.45, 7) is 1.89. The van der Waals surface area contributed by atoms with E-state index in [4.69, 9.17) is 33.3 Å². The van der Waals surface area contributed by atoms with E-state index in [9.17, 15) is 9.59 Å². The number of benzene rings is 2. The van der Waals surface area contributed by atoms with Crippen molar-refractivity contribution in [2.45, 2.75) is 6.92 Å². The van der Waals surface area contributed by atoms with Crippen LogP contribution in [0, 0.1) is 6.92 Å². The van der Waals surface area contributed by atoms with Gasteiger partial charge in [0.1, 0.15) is 11.5 Å². The van der Waals surface area contributed by atoms with E-state index >= 15 is 0 Å². The molecule has 0 unspecified atom stereocenters. The second kappa shape index (κ2) is 8.10. The summed E-state index contributed by atoms with van der Waals surface area (Å²) in [5.74, 6) is -0.294. The highest BCUT2D eigenvalue weighted by molar-refractivity contribution is 8.27. The predicted molar refractivity (Wildman–Crippen MR) is 123 cm³/mol. The minimum atomic E-state index is -1.01. The number of hydrogen-bond acceptors (Lipinski definition) is 5. The fourth-order valence-corrected chi connectivity index (χ4v) is 4.39. The highest BCUT2D eigenvalue weighted by atomic mass is 35.5. The lowest BCUT2D eigenvalue weighted by Gasteiger charge is -2.15. The van der Waals surface area contributed by atoms with Crippen molar-refractivity contribution in [2.75, 3.05) is 4.90 Å². The molecule has 1 aliphatic rings. The molecule has 3 aromatic rings. The smallest absolute Gasteiger partial charge is 0.335 e. The van der Waals surface area contributed by atoms with Crippen molar-refractivity contribution in [1.29, 1.82) is 0 Å². The van der Waals surface area contributed by atoms with E-state index in [1.165, 1.54) is 28.8 Å². The fourth-order valence-electron chi connectivity index (χ4n) is 2.93. The van der Waals surface area contributed by atoms with E-state index in [1.54, 1.807) is 42.5 Å². The maximum absolute atomic E-state index is 12.9. The summed E-state index contributed by atoms with van der Waals surface area (Å²) in [4.78, 5) is 26.0. The third kappa shape index (κ3) is 3.92. The standard InChI is InChI=1S/C22H14ClNO4S2/c1-12-5-6-15(10-17(12)23)24-20(25)19(30-22(24)29)11-16-7-8-18(28-16)13-3-2-4-14(9-13)21(26)27/h2-11H,1H3,(H,26,27). The number of amides is 1. The first kappa shape index (κ1) is 20.4. The van der Waals surface area contributed by atoms with E-state index in [1.807, 2.05) is 13.0 Å². The van der Waals surface area contributed by atoms with Gasteiger partial charge < -0.3 is 9.52 Å². The number of carboxylic acid groups (broad SMARTS) is 1. The molecular weight excluding hydrogens is 442 g/mol. The third-order valence-electron chi connectivity index (χ3n) is 4.50. The highest BCUT2D eigenvalue weighted by Gasteiger charge is 2.33. The van der Waals surface area contributed by atoms with Crippen molar-refractivity contribution in [1.82, 2.24) is 0 Å². The Morgan fingerprint density at radius 2 is 2.00 bits per heavy atom. The molecule has 1 aromatic heterocycles. The molecule has 5 nitrogen and oxygen atoms in total. The predicted octanol–water partition coefficient (Wildman–Crippen LogP) is 6.01. The van der Waals surface area contributed by atoms with Gasteiger partial charge in [0.05, 0.1) is 16.2 Å². The summed E-state index contributed by atoms with van der Waals surface area (Å²) >= 11 is 12.8. The lowest BCUT2D eigenvalue weighted by atomic mass is 10.1. The van der Waals surface area contributed by atoms with Crippen molar-refractivity contribution in [3.63, 3.8) is 0 Å². The largest absolute Gasteiger partial charge is 0.478 e. The number of halogens is 1. The highest BCUT2D eigenvalue weighted by Crippen LogP contribution is 2.37. The van der Waals surface area contributed by atoms with E-state index in [-0.39, 0.29) is 11.5 Å². The Kier molecular flexibility index (Phi) is 5.51. The molecule has 0 aliphatic carbocycles. The number of rotatable bonds is 4. The fraction of sp³-hybridized carbons (Fsp3) is 0.0455. The summed E-state index contributed by atoms with van der Waals surface area (Å²) in [7, 11) is 0. The van der Waals surface area contributed by atoms with E-state index in [0.717, 1.165) is 5.56 Å². The van der Waals surface area contributed by atoms with E-state index in [0.29, 0.717) is 37.0 Å². The number of aryl methyl sites for hydroxylation is 1. The summed E-state index contributed by atoms with van der Waals surface area (Å²) in [6, 6.07) is 15.3. The molecule has 4 rings (SSSR count). The summed E-state index contributed by atoms with van der Waals surface area (Å²) in [6.07, 6.45) is 1.62. The minimum Gasteiger partial charge on any atom is -0.478 e.